The molecule has 0 aliphatic heterocycles. The number of hydrogen-bond donors (Lipinski definition) is 1. The molecule has 13 heavy (non-hydrogen) atoms. The maximum atomic E-state index is 13.1. The third-order valence-electron chi connectivity index (χ3n) is 2.06. The monoisotopic (exact) mass is 181 g/mol. The van der Waals surface area contributed by atoms with Gasteiger partial charge in [0.05, 0.1) is 0 Å². The highest BCUT2D eigenvalue weighted by Crippen LogP contribution is 2.09. The molecule has 0 spiro atoms. The summed E-state index contributed by atoms with van der Waals surface area (Å²) in [7, 11) is 0. The van der Waals surface area contributed by atoms with Crippen LogP contribution in [0.3, 0.4) is 0 Å². The van der Waals surface area contributed by atoms with Crippen LogP contribution in [0.4, 0.5) is 4.39 Å². The first-order valence-corrected chi connectivity index (χ1v) is 4.62. The van der Waals surface area contributed by atoms with Crippen LogP contribution in [0.25, 0.3) is 0 Å². The van der Waals surface area contributed by atoms with Crippen LogP contribution in [0.2, 0.25) is 0 Å². The maximum Gasteiger partial charge on any atom is 0.105 e. The largest absolute Gasteiger partial charge is 0.330 e. The Labute approximate surface area is 78.8 Å². The standard InChI is InChI=1S/C11H16FN/c1-9-2-4-10(5-3-9)8-11(12)6-7-13/h2-5,11H,6-8,13H2,1H3. The van der Waals surface area contributed by atoms with E-state index in [1.165, 1.54) is 5.56 Å². The average Bonchev–Trinajstić information content (AvgIpc) is 2.09. The van der Waals surface area contributed by atoms with E-state index in [0.29, 0.717) is 19.4 Å². The van der Waals surface area contributed by atoms with Gasteiger partial charge in [-0.25, -0.2) is 4.39 Å². The van der Waals surface area contributed by atoms with Gasteiger partial charge in [-0.05, 0) is 25.5 Å². The Morgan fingerprint density at radius 2 is 1.92 bits per heavy atom. The highest BCUT2D eigenvalue weighted by Gasteiger charge is 2.05. The smallest absolute Gasteiger partial charge is 0.105 e. The molecule has 1 atom stereocenters. The number of aryl methyl sites for hydroxylation is 1. The first kappa shape index (κ1) is 10.2. The molecule has 72 valence electrons. The fraction of sp³-hybridized carbons (Fsp3) is 0.455. The summed E-state index contributed by atoms with van der Waals surface area (Å²) in [5.41, 5.74) is 7.52. The SMILES string of the molecule is Cc1ccc(CC(F)CCN)cc1. The van der Waals surface area contributed by atoms with E-state index < -0.39 is 6.17 Å². The second-order valence-electron chi connectivity index (χ2n) is 3.36. The van der Waals surface area contributed by atoms with E-state index in [2.05, 4.69) is 0 Å². The lowest BCUT2D eigenvalue weighted by Crippen LogP contribution is -2.11. The summed E-state index contributed by atoms with van der Waals surface area (Å²) in [5.74, 6) is 0. The van der Waals surface area contributed by atoms with Crippen LogP contribution < -0.4 is 5.73 Å². The van der Waals surface area contributed by atoms with Crippen LogP contribution in [0.5, 0.6) is 0 Å². The van der Waals surface area contributed by atoms with E-state index in [0.717, 1.165) is 5.56 Å². The molecule has 0 radical (unpaired) electrons. The van der Waals surface area contributed by atoms with Crippen molar-refractivity contribution in [1.29, 1.82) is 0 Å². The third-order valence-corrected chi connectivity index (χ3v) is 2.06. The van der Waals surface area contributed by atoms with E-state index in [-0.39, 0.29) is 0 Å². The summed E-state index contributed by atoms with van der Waals surface area (Å²) in [6.45, 7) is 2.45. The van der Waals surface area contributed by atoms with Gasteiger partial charge in [-0.3, -0.25) is 0 Å². The molecule has 1 aromatic carbocycles. The van der Waals surface area contributed by atoms with Crippen LogP contribution in [0.1, 0.15) is 17.5 Å². The van der Waals surface area contributed by atoms with E-state index >= 15 is 0 Å². The van der Waals surface area contributed by atoms with Crippen molar-refractivity contribution >= 4 is 0 Å². The minimum Gasteiger partial charge on any atom is -0.330 e. The molecule has 0 amide bonds. The van der Waals surface area contributed by atoms with E-state index in [9.17, 15) is 4.39 Å². The molecular weight excluding hydrogens is 165 g/mol. The lowest BCUT2D eigenvalue weighted by molar-refractivity contribution is 0.316. The maximum absolute atomic E-state index is 13.1. The summed E-state index contributed by atoms with van der Waals surface area (Å²) < 4.78 is 13.1. The molecule has 0 aromatic heterocycles. The predicted molar refractivity (Wildman–Crippen MR) is 53.5 cm³/mol. The molecule has 1 unspecified atom stereocenters. The topological polar surface area (TPSA) is 26.0 Å². The van der Waals surface area contributed by atoms with Gasteiger partial charge in [0.1, 0.15) is 6.17 Å². The van der Waals surface area contributed by atoms with Gasteiger partial charge in [0.15, 0.2) is 0 Å². The summed E-state index contributed by atoms with van der Waals surface area (Å²) in [6.07, 6.45) is 0.137. The zero-order chi connectivity index (χ0) is 9.68. The summed E-state index contributed by atoms with van der Waals surface area (Å²) >= 11 is 0. The highest BCUT2D eigenvalue weighted by molar-refractivity contribution is 5.21. The fourth-order valence-electron chi connectivity index (χ4n) is 1.26. The molecule has 0 heterocycles. The van der Waals surface area contributed by atoms with Gasteiger partial charge in [-0.1, -0.05) is 29.8 Å². The molecule has 1 aromatic rings. The molecular formula is C11H16FN. The van der Waals surface area contributed by atoms with Crippen LogP contribution in [0.15, 0.2) is 24.3 Å². The van der Waals surface area contributed by atoms with Gasteiger partial charge in [0, 0.05) is 6.42 Å². The number of nitrogens with two attached hydrogens (primary N) is 1. The van der Waals surface area contributed by atoms with Gasteiger partial charge in [0.2, 0.25) is 0 Å². The Bertz CT molecular complexity index is 243. The Morgan fingerprint density at radius 3 is 2.46 bits per heavy atom. The fourth-order valence-corrected chi connectivity index (χ4v) is 1.26. The Hall–Kier alpha value is -0.890. The molecule has 0 aliphatic rings. The quantitative estimate of drug-likeness (QED) is 0.757. The number of hydrogen-bond acceptors (Lipinski definition) is 1. The van der Waals surface area contributed by atoms with Crippen LogP contribution in [0, 0.1) is 6.92 Å². The van der Waals surface area contributed by atoms with Crippen molar-refractivity contribution in [2.24, 2.45) is 5.73 Å². The molecule has 0 bridgehead atoms. The number of alkyl halides is 1. The highest BCUT2D eigenvalue weighted by atomic mass is 19.1. The molecule has 1 nitrogen and oxygen atoms in total. The summed E-state index contributed by atoms with van der Waals surface area (Å²) in [4.78, 5) is 0. The Kier molecular flexibility index (Phi) is 3.90. The van der Waals surface area contributed by atoms with Crippen molar-refractivity contribution < 1.29 is 4.39 Å². The lowest BCUT2D eigenvalue weighted by atomic mass is 10.1. The summed E-state index contributed by atoms with van der Waals surface area (Å²) in [5, 5.41) is 0. The molecule has 0 aliphatic carbocycles. The number of rotatable bonds is 4. The van der Waals surface area contributed by atoms with Crippen LogP contribution in [-0.4, -0.2) is 12.7 Å². The second-order valence-corrected chi connectivity index (χ2v) is 3.36. The normalized spacial score (nSPS) is 12.8. The zero-order valence-electron chi connectivity index (χ0n) is 7.96. The third kappa shape index (κ3) is 3.55. The predicted octanol–water partition coefficient (Wildman–Crippen LogP) is 2.22. The van der Waals surface area contributed by atoms with Gasteiger partial charge in [-0.15, -0.1) is 0 Å². The zero-order valence-corrected chi connectivity index (χ0v) is 7.96. The van der Waals surface area contributed by atoms with Crippen molar-refractivity contribution in [3.63, 3.8) is 0 Å². The lowest BCUT2D eigenvalue weighted by Gasteiger charge is -2.06. The van der Waals surface area contributed by atoms with Gasteiger partial charge in [-0.2, -0.15) is 0 Å². The van der Waals surface area contributed by atoms with Crippen molar-refractivity contribution in [3.05, 3.63) is 35.4 Å². The molecule has 1 rings (SSSR count). The first-order chi connectivity index (χ1) is 6.22. The van der Waals surface area contributed by atoms with Crippen molar-refractivity contribution in [3.8, 4) is 0 Å². The number of benzene rings is 1. The number of halogens is 1. The van der Waals surface area contributed by atoms with Gasteiger partial charge < -0.3 is 5.73 Å². The molecule has 2 N–H and O–H groups in total. The second kappa shape index (κ2) is 4.97. The Morgan fingerprint density at radius 1 is 1.31 bits per heavy atom. The van der Waals surface area contributed by atoms with Crippen molar-refractivity contribution in [1.82, 2.24) is 0 Å². The van der Waals surface area contributed by atoms with Gasteiger partial charge in [0.25, 0.3) is 0 Å². The Balaban J connectivity index is 2.49. The summed E-state index contributed by atoms with van der Waals surface area (Å²) in [6, 6.07) is 7.95. The molecule has 0 fully saturated rings. The molecule has 0 saturated carbocycles. The van der Waals surface area contributed by atoms with Crippen molar-refractivity contribution in [2.45, 2.75) is 25.9 Å². The van der Waals surface area contributed by atoms with Crippen molar-refractivity contribution in [2.75, 3.05) is 6.54 Å². The van der Waals surface area contributed by atoms with E-state index in [4.69, 9.17) is 5.73 Å². The van der Waals surface area contributed by atoms with E-state index in [1.807, 2.05) is 31.2 Å². The molecule has 2 heteroatoms. The minimum absolute atomic E-state index is 0.424. The average molecular weight is 181 g/mol. The molecule has 0 saturated heterocycles. The first-order valence-electron chi connectivity index (χ1n) is 4.62. The van der Waals surface area contributed by atoms with Crippen LogP contribution in [-0.2, 0) is 6.42 Å². The van der Waals surface area contributed by atoms with E-state index in [1.54, 1.807) is 0 Å². The minimum atomic E-state index is -0.798. The van der Waals surface area contributed by atoms with Gasteiger partial charge >= 0.3 is 0 Å². The van der Waals surface area contributed by atoms with Crippen LogP contribution >= 0.6 is 0 Å².